The summed E-state index contributed by atoms with van der Waals surface area (Å²) in [6, 6.07) is 33.1. The monoisotopic (exact) mass is 591 g/mol. The molecule has 192 valence electrons. The molecular formula is C33H18BrN7. The highest BCUT2D eigenvalue weighted by Gasteiger charge is 2.20. The van der Waals surface area contributed by atoms with Crippen molar-refractivity contribution in [2.45, 2.75) is 0 Å². The predicted octanol–water partition coefficient (Wildman–Crippen LogP) is 7.92. The van der Waals surface area contributed by atoms with E-state index < -0.39 is 0 Å². The normalized spacial score (nSPS) is 12.0. The molecule has 0 spiro atoms. The van der Waals surface area contributed by atoms with Gasteiger partial charge in [-0.3, -0.25) is 9.13 Å². The molecule has 0 aliphatic heterocycles. The number of para-hydroxylation sites is 2. The van der Waals surface area contributed by atoms with E-state index in [1.807, 2.05) is 42.7 Å². The number of aromatic nitrogens is 7. The lowest BCUT2D eigenvalue weighted by molar-refractivity contribution is 1.03. The van der Waals surface area contributed by atoms with Gasteiger partial charge in [-0.2, -0.15) is 0 Å². The van der Waals surface area contributed by atoms with Crippen LogP contribution in [0.5, 0.6) is 0 Å². The number of hydrogen-bond donors (Lipinski definition) is 0. The number of rotatable bonds is 2. The van der Waals surface area contributed by atoms with Crippen LogP contribution in [0.25, 0.3) is 77.3 Å². The maximum atomic E-state index is 5.22. The van der Waals surface area contributed by atoms with E-state index in [0.29, 0.717) is 4.73 Å². The first kappa shape index (κ1) is 22.6. The van der Waals surface area contributed by atoms with E-state index >= 15 is 0 Å². The largest absolute Gasteiger partial charge is 0.278 e. The third kappa shape index (κ3) is 3.16. The van der Waals surface area contributed by atoms with Crippen molar-refractivity contribution in [3.05, 3.63) is 114 Å². The van der Waals surface area contributed by atoms with Crippen LogP contribution in [0.15, 0.2) is 114 Å². The second-order valence-electron chi connectivity index (χ2n) is 9.97. The summed E-state index contributed by atoms with van der Waals surface area (Å²) in [6.45, 7) is 0. The van der Waals surface area contributed by atoms with E-state index in [1.165, 1.54) is 0 Å². The Morgan fingerprint density at radius 1 is 0.488 bits per heavy atom. The molecule has 0 aliphatic rings. The van der Waals surface area contributed by atoms with Crippen molar-refractivity contribution in [1.82, 2.24) is 34.1 Å². The van der Waals surface area contributed by atoms with E-state index in [0.717, 1.165) is 77.3 Å². The Hall–Kier alpha value is -5.21. The van der Waals surface area contributed by atoms with Crippen LogP contribution >= 0.6 is 15.9 Å². The number of halogens is 1. The first-order chi connectivity index (χ1) is 20.3. The third-order valence-electron chi connectivity index (χ3n) is 7.77. The van der Waals surface area contributed by atoms with E-state index in [2.05, 4.69) is 91.8 Å². The lowest BCUT2D eigenvalue weighted by Gasteiger charge is -2.12. The van der Waals surface area contributed by atoms with Gasteiger partial charge in [0.05, 0.1) is 16.6 Å². The van der Waals surface area contributed by atoms with Gasteiger partial charge in [0.1, 0.15) is 22.6 Å². The van der Waals surface area contributed by atoms with Crippen LogP contribution in [0, 0.1) is 0 Å². The molecule has 0 bridgehead atoms. The molecule has 0 fully saturated rings. The SMILES string of the molecule is Brc1nc(-n2c3ccccc3c3cccnc32)c2ccc3ccc(-n4c5ccccc5c5cccnc54)nc3c2n1. The van der Waals surface area contributed by atoms with Gasteiger partial charge in [-0.15, -0.1) is 0 Å². The fraction of sp³-hybridized carbons (Fsp3) is 0. The average Bonchev–Trinajstić information content (AvgIpc) is 3.53. The van der Waals surface area contributed by atoms with Gasteiger partial charge in [-0.05, 0) is 70.5 Å². The van der Waals surface area contributed by atoms with E-state index in [4.69, 9.17) is 24.9 Å². The van der Waals surface area contributed by atoms with Crippen molar-refractivity contribution in [3.8, 4) is 11.6 Å². The fourth-order valence-corrected chi connectivity index (χ4v) is 6.40. The van der Waals surface area contributed by atoms with Crippen molar-refractivity contribution < 1.29 is 0 Å². The van der Waals surface area contributed by atoms with Gasteiger partial charge in [0.25, 0.3) is 0 Å². The molecule has 0 N–H and O–H groups in total. The summed E-state index contributed by atoms with van der Waals surface area (Å²) in [6.07, 6.45) is 3.64. The van der Waals surface area contributed by atoms with Gasteiger partial charge in [-0.25, -0.2) is 24.9 Å². The zero-order valence-corrected chi connectivity index (χ0v) is 23.0. The maximum absolute atomic E-state index is 5.22. The highest BCUT2D eigenvalue weighted by molar-refractivity contribution is 9.10. The molecule has 6 aromatic heterocycles. The molecule has 9 rings (SSSR count). The third-order valence-corrected chi connectivity index (χ3v) is 8.13. The predicted molar refractivity (Wildman–Crippen MR) is 167 cm³/mol. The Morgan fingerprint density at radius 2 is 1.10 bits per heavy atom. The summed E-state index contributed by atoms with van der Waals surface area (Å²) in [5, 5.41) is 6.31. The van der Waals surface area contributed by atoms with E-state index in [1.54, 1.807) is 0 Å². The summed E-state index contributed by atoms with van der Waals surface area (Å²) < 4.78 is 4.73. The Balaban J connectivity index is 1.38. The molecular weight excluding hydrogens is 574 g/mol. The molecule has 0 atom stereocenters. The van der Waals surface area contributed by atoms with Crippen LogP contribution in [-0.4, -0.2) is 34.1 Å². The number of hydrogen-bond acceptors (Lipinski definition) is 5. The maximum Gasteiger partial charge on any atom is 0.199 e. The molecule has 0 unspecified atom stereocenters. The van der Waals surface area contributed by atoms with Crippen molar-refractivity contribution in [3.63, 3.8) is 0 Å². The summed E-state index contributed by atoms with van der Waals surface area (Å²) in [5.41, 5.74) is 5.36. The van der Waals surface area contributed by atoms with Crippen molar-refractivity contribution in [2.75, 3.05) is 0 Å². The van der Waals surface area contributed by atoms with Crippen LogP contribution in [0.1, 0.15) is 0 Å². The smallest absolute Gasteiger partial charge is 0.199 e. The summed E-state index contributed by atoms with van der Waals surface area (Å²) >= 11 is 3.61. The second-order valence-corrected chi connectivity index (χ2v) is 10.7. The molecule has 8 heteroatoms. The highest BCUT2D eigenvalue weighted by Crippen LogP contribution is 2.36. The van der Waals surface area contributed by atoms with Gasteiger partial charge >= 0.3 is 0 Å². The highest BCUT2D eigenvalue weighted by atomic mass is 79.9. The van der Waals surface area contributed by atoms with E-state index in [9.17, 15) is 0 Å². The first-order valence-electron chi connectivity index (χ1n) is 13.2. The van der Waals surface area contributed by atoms with Gasteiger partial charge in [0, 0.05) is 44.7 Å². The number of benzene rings is 3. The minimum Gasteiger partial charge on any atom is -0.278 e. The lowest BCUT2D eigenvalue weighted by atomic mass is 10.1. The molecule has 9 aromatic rings. The summed E-state index contributed by atoms with van der Waals surface area (Å²) in [5.74, 6) is 1.53. The van der Waals surface area contributed by atoms with Crippen LogP contribution in [0.3, 0.4) is 0 Å². The Bertz CT molecular complexity index is 2400. The molecule has 3 aromatic carbocycles. The van der Waals surface area contributed by atoms with Crippen LogP contribution < -0.4 is 0 Å². The minimum atomic E-state index is 0.486. The second kappa shape index (κ2) is 8.39. The molecule has 41 heavy (non-hydrogen) atoms. The molecule has 0 aliphatic carbocycles. The van der Waals surface area contributed by atoms with Crippen LogP contribution in [0.2, 0.25) is 0 Å². The standard InChI is InChI=1S/C33H18BrN7/c34-33-38-29-24(32(39-33)41-26-12-4-2-8-21(26)23-10-6-18-36-31(23)41)15-13-19-14-16-27(37-28(19)29)40-25-11-3-1-7-20(25)22-9-5-17-35-30(22)40/h1-18H. The Kier molecular flexibility index (Phi) is 4.63. The van der Waals surface area contributed by atoms with Gasteiger partial charge in [0.2, 0.25) is 0 Å². The Morgan fingerprint density at radius 3 is 1.83 bits per heavy atom. The number of nitrogens with zero attached hydrogens (tertiary/aromatic N) is 7. The Labute approximate surface area is 240 Å². The fourth-order valence-electron chi connectivity index (χ4n) is 6.05. The molecule has 0 saturated heterocycles. The average molecular weight is 592 g/mol. The number of fused-ring (bicyclic) bond motifs is 9. The van der Waals surface area contributed by atoms with Gasteiger partial charge in [0.15, 0.2) is 10.6 Å². The quantitative estimate of drug-likeness (QED) is 0.151. The van der Waals surface area contributed by atoms with Crippen molar-refractivity contribution in [1.29, 1.82) is 0 Å². The van der Waals surface area contributed by atoms with Crippen molar-refractivity contribution >= 4 is 81.6 Å². The molecule has 0 radical (unpaired) electrons. The lowest BCUT2D eigenvalue weighted by Crippen LogP contribution is -2.03. The topological polar surface area (TPSA) is 74.3 Å². The van der Waals surface area contributed by atoms with E-state index in [-0.39, 0.29) is 0 Å². The molecule has 6 heterocycles. The van der Waals surface area contributed by atoms with Crippen molar-refractivity contribution in [2.24, 2.45) is 0 Å². The van der Waals surface area contributed by atoms with Crippen LogP contribution in [0.4, 0.5) is 0 Å². The summed E-state index contributed by atoms with van der Waals surface area (Å²) in [4.78, 5) is 24.5. The summed E-state index contributed by atoms with van der Waals surface area (Å²) in [7, 11) is 0. The molecule has 7 nitrogen and oxygen atoms in total. The zero-order valence-electron chi connectivity index (χ0n) is 21.4. The zero-order chi connectivity index (χ0) is 27.1. The van der Waals surface area contributed by atoms with Gasteiger partial charge < -0.3 is 0 Å². The first-order valence-corrected chi connectivity index (χ1v) is 14.0. The molecule has 0 saturated carbocycles. The number of pyridine rings is 3. The van der Waals surface area contributed by atoms with Gasteiger partial charge in [-0.1, -0.05) is 42.5 Å². The van der Waals surface area contributed by atoms with Crippen LogP contribution in [-0.2, 0) is 0 Å². The minimum absolute atomic E-state index is 0.486. The molecule has 0 amide bonds.